The molecule has 0 unspecified atom stereocenters. The maximum atomic E-state index is 12.9. The van der Waals surface area contributed by atoms with Gasteiger partial charge in [-0.25, -0.2) is 9.59 Å². The summed E-state index contributed by atoms with van der Waals surface area (Å²) >= 11 is 0. The van der Waals surface area contributed by atoms with Crippen molar-refractivity contribution in [3.63, 3.8) is 0 Å². The number of esters is 1. The second-order valence-corrected chi connectivity index (χ2v) is 11.1. The van der Waals surface area contributed by atoms with Crippen molar-refractivity contribution in [2.45, 2.75) is 69.1 Å². The van der Waals surface area contributed by atoms with Crippen molar-refractivity contribution in [1.82, 2.24) is 4.90 Å². The first kappa shape index (κ1) is 32.9. The predicted octanol–water partition coefficient (Wildman–Crippen LogP) is 0.0980. The molecule has 13 nitrogen and oxygen atoms in total. The highest BCUT2D eigenvalue weighted by atomic mass is 16.8. The number of hydrogen-bond donors (Lipinski definition) is 6. The van der Waals surface area contributed by atoms with Crippen molar-refractivity contribution in [2.75, 3.05) is 33.4 Å². The number of methoxy groups -OCH3 is 1. The van der Waals surface area contributed by atoms with E-state index in [4.69, 9.17) is 18.9 Å². The third-order valence-corrected chi connectivity index (χ3v) is 8.08. The molecule has 3 heterocycles. The van der Waals surface area contributed by atoms with E-state index in [1.165, 1.54) is 25.6 Å². The third-order valence-electron chi connectivity index (χ3n) is 8.08. The molecule has 2 fully saturated rings. The summed E-state index contributed by atoms with van der Waals surface area (Å²) < 4.78 is 22.5. The Morgan fingerprint density at radius 3 is 2.47 bits per heavy atom. The Kier molecular flexibility index (Phi) is 11.5. The second-order valence-electron chi connectivity index (χ2n) is 11.1. The fourth-order valence-electron chi connectivity index (χ4n) is 5.76. The number of nitrogens with zero attached hydrogens (tertiary/aromatic N) is 1. The number of β-amino-alcohol motifs (C(OH)–C–C–N with tert-alkyl or cyclic N) is 1. The Bertz CT molecular complexity index is 1150. The number of aliphatic hydroxyl groups excluding tert-OH is 5. The van der Waals surface area contributed by atoms with Gasteiger partial charge in [-0.1, -0.05) is 30.2 Å². The Balaban J connectivity index is 1.70. The van der Waals surface area contributed by atoms with Gasteiger partial charge in [-0.3, -0.25) is 0 Å². The molecule has 0 bridgehead atoms. The van der Waals surface area contributed by atoms with Gasteiger partial charge in [-0.2, -0.15) is 0 Å². The molecule has 43 heavy (non-hydrogen) atoms. The number of carbonyl (C=O) groups is 2. The zero-order valence-electron chi connectivity index (χ0n) is 24.0. The highest BCUT2D eigenvalue weighted by Crippen LogP contribution is 2.39. The second kappa shape index (κ2) is 15.1. The van der Waals surface area contributed by atoms with Crippen LogP contribution >= 0.6 is 0 Å². The molecule has 0 spiro atoms. The lowest BCUT2D eigenvalue weighted by molar-refractivity contribution is -0.338. The van der Waals surface area contributed by atoms with E-state index in [-0.39, 0.29) is 24.3 Å². The van der Waals surface area contributed by atoms with Crippen LogP contribution in [0.4, 0.5) is 0 Å². The number of aliphatic hydroxyl groups is 5. The number of carboxylic acid groups (broad SMARTS) is 1. The number of allylic oxidation sites excluding steroid dienone is 2. The lowest BCUT2D eigenvalue weighted by Gasteiger charge is -2.43. The molecule has 4 aliphatic rings. The van der Waals surface area contributed by atoms with Gasteiger partial charge in [0.05, 0.1) is 43.6 Å². The minimum atomic E-state index is -1.66. The van der Waals surface area contributed by atoms with E-state index in [0.29, 0.717) is 12.1 Å². The van der Waals surface area contributed by atoms with Gasteiger partial charge in [0.15, 0.2) is 6.29 Å². The summed E-state index contributed by atoms with van der Waals surface area (Å²) in [5.74, 6) is -3.10. The van der Waals surface area contributed by atoms with E-state index in [2.05, 4.69) is 0 Å². The van der Waals surface area contributed by atoms with Crippen molar-refractivity contribution in [1.29, 1.82) is 0 Å². The van der Waals surface area contributed by atoms with Crippen LogP contribution < -0.4 is 0 Å². The predicted molar refractivity (Wildman–Crippen MR) is 150 cm³/mol. The van der Waals surface area contributed by atoms with E-state index >= 15 is 0 Å². The molecule has 238 valence electrons. The molecule has 1 aliphatic carbocycles. The molecule has 1 saturated heterocycles. The van der Waals surface area contributed by atoms with Crippen molar-refractivity contribution in [2.24, 2.45) is 11.8 Å². The Morgan fingerprint density at radius 2 is 1.81 bits per heavy atom. The van der Waals surface area contributed by atoms with Gasteiger partial charge in [-0.05, 0) is 37.3 Å². The monoisotopic (exact) mass is 607 g/mol. The number of hydrogen-bond acceptors (Lipinski definition) is 12. The zero-order chi connectivity index (χ0) is 31.1. The van der Waals surface area contributed by atoms with Crippen LogP contribution in [0.25, 0.3) is 0 Å². The quantitative estimate of drug-likeness (QED) is 0.145. The molecular weight excluding hydrogens is 566 g/mol. The fraction of sp³-hybridized carbons (Fsp3) is 0.600. The SMILES string of the molecule is COC(=O)C1=CO[C@@H](O[C@@H]2O[C@H](CO)[C@@H](O)[C@H](O)[C@H]2O)[C@H](C=C2CCCCC2)[C@@H]1/C=C/C1=CC(C(=O)O)=CN(CCO)C1. The van der Waals surface area contributed by atoms with Gasteiger partial charge >= 0.3 is 11.9 Å². The molecule has 0 aromatic carbocycles. The van der Waals surface area contributed by atoms with Gasteiger partial charge in [0.2, 0.25) is 6.29 Å². The van der Waals surface area contributed by atoms with E-state index < -0.39 is 67.4 Å². The maximum absolute atomic E-state index is 12.9. The normalized spacial score (nSPS) is 33.3. The van der Waals surface area contributed by atoms with E-state index in [9.17, 15) is 40.2 Å². The summed E-state index contributed by atoms with van der Waals surface area (Å²) in [7, 11) is 1.25. The molecule has 8 atom stereocenters. The lowest BCUT2D eigenvalue weighted by Crippen LogP contribution is -2.60. The molecule has 0 aromatic rings. The standard InChI is InChI=1S/C30H41NO12/c1-40-28(39)22-16-41-29(43-30-26(36)25(35)24(34)23(15-33)42-30)21(12-17-5-3-2-4-6-17)20(22)8-7-18-11-19(27(37)38)14-31(13-18)9-10-32/h7-8,11-12,14,16,20-21,23-26,29-30,32-36H,2-6,9-10,13,15H2,1H3,(H,37,38)/b8-7+/t20-,21+,23+,24+,25-,26+,29-,30-/m0/s1. The van der Waals surface area contributed by atoms with Crippen LogP contribution in [0.15, 0.2) is 59.1 Å². The lowest BCUT2D eigenvalue weighted by atomic mass is 9.80. The summed E-state index contributed by atoms with van der Waals surface area (Å²) in [6, 6.07) is 0. The molecular formula is C30H41NO12. The summed E-state index contributed by atoms with van der Waals surface area (Å²) in [4.78, 5) is 26.3. The average Bonchev–Trinajstić information content (AvgIpc) is 3.01. The summed E-state index contributed by atoms with van der Waals surface area (Å²) in [6.45, 7) is -0.236. The van der Waals surface area contributed by atoms with Crippen molar-refractivity contribution in [3.8, 4) is 0 Å². The molecule has 0 aromatic heterocycles. The van der Waals surface area contributed by atoms with Crippen molar-refractivity contribution < 1.29 is 59.2 Å². The largest absolute Gasteiger partial charge is 0.478 e. The minimum absolute atomic E-state index is 0.0414. The van der Waals surface area contributed by atoms with Gasteiger partial charge in [0, 0.05) is 25.2 Å². The first-order valence-electron chi connectivity index (χ1n) is 14.4. The van der Waals surface area contributed by atoms with Crippen molar-refractivity contribution in [3.05, 3.63) is 59.1 Å². The van der Waals surface area contributed by atoms with Gasteiger partial charge < -0.3 is 54.5 Å². The number of carboxylic acids is 1. The van der Waals surface area contributed by atoms with Crippen LogP contribution in [0.1, 0.15) is 32.1 Å². The average molecular weight is 608 g/mol. The first-order chi connectivity index (χ1) is 20.7. The number of ether oxygens (including phenoxy) is 4. The van der Waals surface area contributed by atoms with Crippen LogP contribution in [0.2, 0.25) is 0 Å². The number of aliphatic carboxylic acids is 1. The Hall–Kier alpha value is -3.04. The molecule has 1 saturated carbocycles. The van der Waals surface area contributed by atoms with Crippen LogP contribution in [0, 0.1) is 11.8 Å². The zero-order valence-corrected chi connectivity index (χ0v) is 24.0. The highest BCUT2D eigenvalue weighted by molar-refractivity contribution is 5.90. The molecule has 4 rings (SSSR count). The van der Waals surface area contributed by atoms with Gasteiger partial charge in [0.25, 0.3) is 0 Å². The summed E-state index contributed by atoms with van der Waals surface area (Å²) in [5, 5.41) is 59.7. The summed E-state index contributed by atoms with van der Waals surface area (Å²) in [5.41, 5.74) is 1.98. The van der Waals surface area contributed by atoms with Crippen LogP contribution in [0.5, 0.6) is 0 Å². The summed E-state index contributed by atoms with van der Waals surface area (Å²) in [6.07, 6.45) is 5.74. The maximum Gasteiger partial charge on any atom is 0.337 e. The molecule has 6 N–H and O–H groups in total. The van der Waals surface area contributed by atoms with E-state index in [0.717, 1.165) is 37.7 Å². The first-order valence-corrected chi connectivity index (χ1v) is 14.4. The topological polar surface area (TPSA) is 196 Å². The van der Waals surface area contributed by atoms with Crippen molar-refractivity contribution >= 4 is 11.9 Å². The van der Waals surface area contributed by atoms with E-state index in [1.807, 2.05) is 6.08 Å². The molecule has 0 amide bonds. The highest BCUT2D eigenvalue weighted by Gasteiger charge is 2.47. The molecule has 0 radical (unpaired) electrons. The minimum Gasteiger partial charge on any atom is -0.478 e. The Labute approximate surface area is 249 Å². The van der Waals surface area contributed by atoms with Crippen LogP contribution in [-0.4, -0.2) is 118 Å². The number of rotatable bonds is 10. The van der Waals surface area contributed by atoms with Gasteiger partial charge in [0.1, 0.15) is 24.4 Å². The molecule has 13 heteroatoms. The molecule has 3 aliphatic heterocycles. The number of carbonyl (C=O) groups excluding carboxylic acids is 1. The fourth-order valence-corrected chi connectivity index (χ4v) is 5.76. The van der Waals surface area contributed by atoms with Crippen LogP contribution in [0.3, 0.4) is 0 Å². The van der Waals surface area contributed by atoms with Gasteiger partial charge in [-0.15, -0.1) is 0 Å². The van der Waals surface area contributed by atoms with Crippen LogP contribution in [-0.2, 0) is 28.5 Å². The third kappa shape index (κ3) is 7.92. The van der Waals surface area contributed by atoms with E-state index in [1.54, 1.807) is 17.1 Å². The smallest absolute Gasteiger partial charge is 0.337 e. The Morgan fingerprint density at radius 1 is 1.07 bits per heavy atom.